The summed E-state index contributed by atoms with van der Waals surface area (Å²) in [4.78, 5) is 4.47. The Bertz CT molecular complexity index is 470. The zero-order valence-electron chi connectivity index (χ0n) is 10.7. The van der Waals surface area contributed by atoms with Crippen LogP contribution in [-0.2, 0) is 17.9 Å². The van der Waals surface area contributed by atoms with Crippen molar-refractivity contribution in [3.05, 3.63) is 42.4 Å². The van der Waals surface area contributed by atoms with E-state index in [1.54, 1.807) is 13.3 Å². The Labute approximate surface area is 107 Å². The van der Waals surface area contributed by atoms with Gasteiger partial charge in [0.2, 0.25) is 0 Å². The first-order chi connectivity index (χ1) is 8.78. The number of aromatic nitrogens is 3. The van der Waals surface area contributed by atoms with E-state index in [9.17, 15) is 0 Å². The molecule has 0 aliphatic carbocycles. The number of hydrogen-bond acceptors (Lipinski definition) is 4. The van der Waals surface area contributed by atoms with E-state index < -0.39 is 0 Å². The minimum absolute atomic E-state index is 0.259. The van der Waals surface area contributed by atoms with Crippen LogP contribution in [0, 0.1) is 0 Å². The summed E-state index contributed by atoms with van der Waals surface area (Å²) in [5.74, 6) is 0.865. The largest absolute Gasteiger partial charge is 0.378 e. The molecule has 2 heterocycles. The monoisotopic (exact) mass is 246 g/mol. The summed E-state index contributed by atoms with van der Waals surface area (Å²) in [6.45, 7) is 3.44. The highest BCUT2D eigenvalue weighted by molar-refractivity contribution is 5.36. The Morgan fingerprint density at radius 3 is 3.00 bits per heavy atom. The van der Waals surface area contributed by atoms with Crippen LogP contribution in [0.4, 0.5) is 5.82 Å². The van der Waals surface area contributed by atoms with Crippen molar-refractivity contribution in [1.29, 1.82) is 0 Å². The van der Waals surface area contributed by atoms with Gasteiger partial charge in [-0.3, -0.25) is 4.68 Å². The average Bonchev–Trinajstić information content (AvgIpc) is 2.82. The Balaban J connectivity index is 1.93. The van der Waals surface area contributed by atoms with Crippen LogP contribution in [0.25, 0.3) is 0 Å². The van der Waals surface area contributed by atoms with Gasteiger partial charge in [0.25, 0.3) is 0 Å². The molecular weight excluding hydrogens is 228 g/mol. The van der Waals surface area contributed by atoms with E-state index >= 15 is 0 Å². The van der Waals surface area contributed by atoms with Crippen LogP contribution in [0.1, 0.15) is 12.6 Å². The van der Waals surface area contributed by atoms with Gasteiger partial charge in [-0.05, 0) is 25.1 Å². The summed E-state index contributed by atoms with van der Waals surface area (Å²) in [5.41, 5.74) is 0.925. The van der Waals surface area contributed by atoms with Crippen LogP contribution in [0.3, 0.4) is 0 Å². The molecule has 1 atom stereocenters. The van der Waals surface area contributed by atoms with Gasteiger partial charge in [-0.1, -0.05) is 6.07 Å². The molecule has 0 radical (unpaired) electrons. The predicted molar refractivity (Wildman–Crippen MR) is 70.3 cm³/mol. The van der Waals surface area contributed by atoms with Crippen molar-refractivity contribution >= 4 is 5.82 Å². The quantitative estimate of drug-likeness (QED) is 0.846. The Morgan fingerprint density at radius 1 is 1.39 bits per heavy atom. The fourth-order valence-electron chi connectivity index (χ4n) is 1.78. The SMILES string of the molecule is COCc1cccc(NC(C)Cn2cccn2)n1. The van der Waals surface area contributed by atoms with Crippen molar-refractivity contribution in [2.24, 2.45) is 0 Å². The average molecular weight is 246 g/mol. The maximum atomic E-state index is 5.07. The molecule has 0 saturated carbocycles. The fraction of sp³-hybridized carbons (Fsp3) is 0.385. The molecule has 2 rings (SSSR count). The normalized spacial score (nSPS) is 12.3. The lowest BCUT2D eigenvalue weighted by Crippen LogP contribution is -2.22. The molecule has 0 fully saturated rings. The number of pyridine rings is 1. The third-order valence-electron chi connectivity index (χ3n) is 2.51. The third-order valence-corrected chi connectivity index (χ3v) is 2.51. The van der Waals surface area contributed by atoms with Gasteiger partial charge >= 0.3 is 0 Å². The molecule has 0 aliphatic heterocycles. The lowest BCUT2D eigenvalue weighted by molar-refractivity contribution is 0.181. The van der Waals surface area contributed by atoms with Gasteiger partial charge in [0.1, 0.15) is 5.82 Å². The summed E-state index contributed by atoms with van der Waals surface area (Å²) in [5, 5.41) is 7.53. The zero-order valence-corrected chi connectivity index (χ0v) is 10.7. The summed E-state index contributed by atoms with van der Waals surface area (Å²) in [6, 6.07) is 8.07. The number of ether oxygens (including phenoxy) is 1. The molecule has 96 valence electrons. The molecule has 0 amide bonds. The molecule has 0 aromatic carbocycles. The molecule has 5 nitrogen and oxygen atoms in total. The summed E-state index contributed by atoms with van der Waals surface area (Å²) < 4.78 is 6.97. The number of methoxy groups -OCH3 is 1. The molecule has 1 N–H and O–H groups in total. The van der Waals surface area contributed by atoms with Crippen molar-refractivity contribution in [3.63, 3.8) is 0 Å². The zero-order chi connectivity index (χ0) is 12.8. The Morgan fingerprint density at radius 2 is 2.28 bits per heavy atom. The molecule has 2 aromatic heterocycles. The van der Waals surface area contributed by atoms with Crippen molar-refractivity contribution in [2.45, 2.75) is 26.1 Å². The summed E-state index contributed by atoms with van der Waals surface area (Å²) in [7, 11) is 1.67. The molecule has 1 unspecified atom stereocenters. The van der Waals surface area contributed by atoms with E-state index in [0.29, 0.717) is 6.61 Å². The minimum Gasteiger partial charge on any atom is -0.378 e. The highest BCUT2D eigenvalue weighted by atomic mass is 16.5. The van der Waals surface area contributed by atoms with Crippen molar-refractivity contribution < 1.29 is 4.74 Å². The predicted octanol–water partition coefficient (Wildman–Crippen LogP) is 1.93. The van der Waals surface area contributed by atoms with E-state index in [2.05, 4.69) is 22.3 Å². The Hall–Kier alpha value is -1.88. The third kappa shape index (κ3) is 3.56. The van der Waals surface area contributed by atoms with E-state index in [1.165, 1.54) is 0 Å². The van der Waals surface area contributed by atoms with E-state index in [4.69, 9.17) is 4.74 Å². The van der Waals surface area contributed by atoms with Crippen molar-refractivity contribution in [2.75, 3.05) is 12.4 Å². The first kappa shape index (κ1) is 12.6. The maximum Gasteiger partial charge on any atom is 0.126 e. The molecule has 0 saturated heterocycles. The van der Waals surface area contributed by atoms with E-state index in [1.807, 2.05) is 35.1 Å². The number of hydrogen-bond donors (Lipinski definition) is 1. The van der Waals surface area contributed by atoms with Crippen molar-refractivity contribution in [1.82, 2.24) is 14.8 Å². The maximum absolute atomic E-state index is 5.07. The molecule has 0 spiro atoms. The first-order valence-corrected chi connectivity index (χ1v) is 5.97. The second-order valence-electron chi connectivity index (χ2n) is 4.22. The summed E-state index contributed by atoms with van der Waals surface area (Å²) in [6.07, 6.45) is 3.73. The van der Waals surface area contributed by atoms with Crippen LogP contribution < -0.4 is 5.32 Å². The Kier molecular flexibility index (Phi) is 4.30. The second kappa shape index (κ2) is 6.16. The van der Waals surface area contributed by atoms with Gasteiger partial charge in [-0.25, -0.2) is 4.98 Å². The van der Waals surface area contributed by atoms with Gasteiger partial charge in [0.05, 0.1) is 18.8 Å². The molecule has 2 aromatic rings. The molecular formula is C13H18N4O. The number of rotatable bonds is 6. The van der Waals surface area contributed by atoms with Crippen LogP contribution in [0.5, 0.6) is 0 Å². The highest BCUT2D eigenvalue weighted by Gasteiger charge is 2.04. The smallest absolute Gasteiger partial charge is 0.126 e. The van der Waals surface area contributed by atoms with E-state index in [-0.39, 0.29) is 6.04 Å². The van der Waals surface area contributed by atoms with Crippen LogP contribution in [0.2, 0.25) is 0 Å². The highest BCUT2D eigenvalue weighted by Crippen LogP contribution is 2.08. The molecule has 18 heavy (non-hydrogen) atoms. The van der Waals surface area contributed by atoms with Crippen LogP contribution >= 0.6 is 0 Å². The van der Waals surface area contributed by atoms with Crippen molar-refractivity contribution in [3.8, 4) is 0 Å². The number of nitrogens with zero attached hydrogens (tertiary/aromatic N) is 3. The van der Waals surface area contributed by atoms with Gasteiger partial charge in [0, 0.05) is 25.5 Å². The first-order valence-electron chi connectivity index (χ1n) is 5.97. The van der Waals surface area contributed by atoms with Gasteiger partial charge in [0.15, 0.2) is 0 Å². The topological polar surface area (TPSA) is 52.0 Å². The van der Waals surface area contributed by atoms with E-state index in [0.717, 1.165) is 18.1 Å². The summed E-state index contributed by atoms with van der Waals surface area (Å²) >= 11 is 0. The molecule has 5 heteroatoms. The fourth-order valence-corrected chi connectivity index (χ4v) is 1.78. The number of anilines is 1. The molecule has 0 aliphatic rings. The number of nitrogens with one attached hydrogen (secondary N) is 1. The lowest BCUT2D eigenvalue weighted by Gasteiger charge is -2.15. The standard InChI is InChI=1S/C13H18N4O/c1-11(9-17-8-4-7-14-17)15-13-6-3-5-12(16-13)10-18-2/h3-8,11H,9-10H2,1-2H3,(H,15,16). The van der Waals surface area contributed by atoms with Gasteiger partial charge in [-0.15, -0.1) is 0 Å². The van der Waals surface area contributed by atoms with Crippen LogP contribution in [0.15, 0.2) is 36.7 Å². The second-order valence-corrected chi connectivity index (χ2v) is 4.22. The van der Waals surface area contributed by atoms with Crippen LogP contribution in [-0.4, -0.2) is 27.9 Å². The van der Waals surface area contributed by atoms with Gasteiger partial charge < -0.3 is 10.1 Å². The minimum atomic E-state index is 0.259. The lowest BCUT2D eigenvalue weighted by atomic mass is 10.3. The van der Waals surface area contributed by atoms with Gasteiger partial charge in [-0.2, -0.15) is 5.10 Å². The molecule has 0 bridgehead atoms.